The molecule has 0 spiro atoms. The molecule has 1 aliphatic rings. The Bertz CT molecular complexity index is 1210. The molecule has 4 rings (SSSR count). The van der Waals surface area contributed by atoms with Gasteiger partial charge < -0.3 is 20.1 Å². The van der Waals surface area contributed by atoms with Crippen LogP contribution in [-0.2, 0) is 14.3 Å². The van der Waals surface area contributed by atoms with Crippen LogP contribution >= 0.6 is 0 Å². The van der Waals surface area contributed by atoms with Crippen LogP contribution in [0.5, 0.6) is 5.88 Å². The molecule has 3 atom stereocenters. The van der Waals surface area contributed by atoms with Crippen molar-refractivity contribution in [3.05, 3.63) is 36.3 Å². The monoisotopic (exact) mass is 443 g/mol. The number of fused-ring (bicyclic) bond motifs is 3. The number of rotatable bonds is 7. The maximum absolute atomic E-state index is 14.6. The van der Waals surface area contributed by atoms with E-state index in [1.54, 1.807) is 29.7 Å². The predicted molar refractivity (Wildman–Crippen MR) is 111 cm³/mol. The number of methoxy groups -OCH3 is 1. The lowest BCUT2D eigenvalue weighted by Gasteiger charge is -2.26. The van der Waals surface area contributed by atoms with Crippen LogP contribution in [0.3, 0.4) is 0 Å². The Balaban J connectivity index is 1.70. The molecule has 0 radical (unpaired) electrons. The third-order valence-corrected chi connectivity index (χ3v) is 5.79. The van der Waals surface area contributed by atoms with Crippen LogP contribution in [0.15, 0.2) is 30.7 Å². The Morgan fingerprint density at radius 1 is 1.28 bits per heavy atom. The highest BCUT2D eigenvalue weighted by Crippen LogP contribution is 2.33. The van der Waals surface area contributed by atoms with Gasteiger partial charge in [-0.15, -0.1) is 0 Å². The number of hydrogen-bond acceptors (Lipinski definition) is 7. The van der Waals surface area contributed by atoms with E-state index < -0.39 is 35.9 Å². The Hall–Kier alpha value is -3.76. The van der Waals surface area contributed by atoms with Crippen molar-refractivity contribution in [3.8, 4) is 5.88 Å². The number of nitrogens with two attached hydrogens (primary N) is 1. The number of imidazole rings is 1. The number of likely N-dealkylation sites (tertiary alicyclic amines) is 1. The normalized spacial score (nSPS) is 20.8. The van der Waals surface area contributed by atoms with E-state index in [0.29, 0.717) is 23.0 Å². The summed E-state index contributed by atoms with van der Waals surface area (Å²) in [6, 6.07) is 2.62. The molecule has 0 bridgehead atoms. The summed E-state index contributed by atoms with van der Waals surface area (Å²) in [6.07, 6.45) is 3.33. The van der Waals surface area contributed by atoms with Gasteiger partial charge in [-0.25, -0.2) is 14.4 Å². The Morgan fingerprint density at radius 2 is 2.06 bits per heavy atom. The summed E-state index contributed by atoms with van der Waals surface area (Å²) < 4.78 is 26.9. The maximum atomic E-state index is 14.6. The van der Waals surface area contributed by atoms with Crippen molar-refractivity contribution in [2.75, 3.05) is 20.3 Å². The zero-order valence-corrected chi connectivity index (χ0v) is 17.5. The van der Waals surface area contributed by atoms with Gasteiger partial charge in [-0.1, -0.05) is 6.92 Å². The fraction of sp³-hybridized carbons (Fsp3) is 0.381. The van der Waals surface area contributed by atoms with Crippen molar-refractivity contribution in [1.29, 1.82) is 0 Å². The molecule has 0 aromatic carbocycles. The first kappa shape index (κ1) is 21.5. The highest BCUT2D eigenvalue weighted by Gasteiger charge is 2.48. The molecule has 4 heterocycles. The summed E-state index contributed by atoms with van der Waals surface area (Å²) in [7, 11) is 1.20. The van der Waals surface area contributed by atoms with Gasteiger partial charge in [-0.3, -0.25) is 18.8 Å². The van der Waals surface area contributed by atoms with Crippen molar-refractivity contribution in [1.82, 2.24) is 19.3 Å². The first-order chi connectivity index (χ1) is 15.4. The van der Waals surface area contributed by atoms with E-state index in [1.165, 1.54) is 19.5 Å². The lowest BCUT2D eigenvalue weighted by molar-refractivity contribution is -0.147. The number of amides is 2. The molecule has 2 amide bonds. The van der Waals surface area contributed by atoms with Crippen molar-refractivity contribution >= 4 is 34.3 Å². The smallest absolute Gasteiger partial charge is 0.325 e. The lowest BCUT2D eigenvalue weighted by atomic mass is 9.96. The topological polar surface area (TPSA) is 129 Å². The molecule has 32 heavy (non-hydrogen) atoms. The first-order valence-electron chi connectivity index (χ1n) is 10.1. The molecule has 2 N–H and O–H groups in total. The number of aromatic nitrogens is 3. The molecule has 168 valence electrons. The van der Waals surface area contributed by atoms with Crippen LogP contribution in [0.25, 0.3) is 16.6 Å². The SMILES string of the molecule is CC[C@@H]1[C@H](F)C(=O)N(CC(=O)OC)[C@@H]1COc1nccc2cc(C(N)=O)c3nccn3c12. The highest BCUT2D eigenvalue weighted by atomic mass is 19.1. The van der Waals surface area contributed by atoms with E-state index >= 15 is 0 Å². The van der Waals surface area contributed by atoms with Gasteiger partial charge in [-0.2, -0.15) is 0 Å². The van der Waals surface area contributed by atoms with Gasteiger partial charge >= 0.3 is 5.97 Å². The molecular formula is C21H22FN5O5. The standard InChI is InChI=1S/C21H22FN5O5/c1-3-12-14(27(9-15(28)31-2)21(30)16(12)22)10-32-20-17-11(4-5-25-20)8-13(18(23)29)19-24-6-7-26(17)19/h4-8,12,14,16H,3,9-10H2,1-2H3,(H2,23,29)/t12-,14+,16-/m0/s1. The molecule has 11 heteroatoms. The number of alkyl halides is 1. The van der Waals surface area contributed by atoms with Gasteiger partial charge in [-0.05, 0) is 18.6 Å². The van der Waals surface area contributed by atoms with Crippen molar-refractivity contribution < 1.29 is 28.2 Å². The first-order valence-corrected chi connectivity index (χ1v) is 10.1. The maximum Gasteiger partial charge on any atom is 0.325 e. The van der Waals surface area contributed by atoms with Crippen molar-refractivity contribution in [2.24, 2.45) is 11.7 Å². The number of pyridine rings is 2. The summed E-state index contributed by atoms with van der Waals surface area (Å²) in [5.74, 6) is -2.45. The highest BCUT2D eigenvalue weighted by molar-refractivity contribution is 6.03. The zero-order chi connectivity index (χ0) is 23.0. The van der Waals surface area contributed by atoms with Crippen LogP contribution < -0.4 is 10.5 Å². The Kier molecular flexibility index (Phi) is 5.64. The Morgan fingerprint density at radius 3 is 2.75 bits per heavy atom. The quantitative estimate of drug-likeness (QED) is 0.542. The third kappa shape index (κ3) is 3.49. The van der Waals surface area contributed by atoms with Crippen LogP contribution in [0.2, 0.25) is 0 Å². The van der Waals surface area contributed by atoms with E-state index in [0.717, 1.165) is 4.90 Å². The molecule has 1 aliphatic heterocycles. The van der Waals surface area contributed by atoms with E-state index in [4.69, 9.17) is 10.5 Å². The van der Waals surface area contributed by atoms with Gasteiger partial charge in [0.05, 0.1) is 18.7 Å². The number of hydrogen-bond donors (Lipinski definition) is 1. The number of primary amides is 1. The molecule has 3 aromatic rings. The number of carbonyl (C=O) groups is 3. The van der Waals surface area contributed by atoms with E-state index in [-0.39, 0.29) is 24.6 Å². The molecular weight excluding hydrogens is 421 g/mol. The molecule has 0 unspecified atom stereocenters. The summed E-state index contributed by atoms with van der Waals surface area (Å²) in [4.78, 5) is 45.7. The minimum absolute atomic E-state index is 0.0818. The summed E-state index contributed by atoms with van der Waals surface area (Å²) >= 11 is 0. The molecule has 10 nitrogen and oxygen atoms in total. The third-order valence-electron chi connectivity index (χ3n) is 5.79. The second-order valence-corrected chi connectivity index (χ2v) is 7.49. The summed E-state index contributed by atoms with van der Waals surface area (Å²) in [6.45, 7) is 1.33. The molecule has 1 fully saturated rings. The van der Waals surface area contributed by atoms with Gasteiger partial charge in [0.15, 0.2) is 6.17 Å². The minimum atomic E-state index is -1.72. The van der Waals surface area contributed by atoms with E-state index in [1.807, 2.05) is 0 Å². The molecule has 1 saturated heterocycles. The van der Waals surface area contributed by atoms with E-state index in [9.17, 15) is 18.8 Å². The second kappa shape index (κ2) is 8.40. The van der Waals surface area contributed by atoms with Crippen molar-refractivity contribution in [2.45, 2.75) is 25.6 Å². The number of esters is 1. The second-order valence-electron chi connectivity index (χ2n) is 7.49. The summed E-state index contributed by atoms with van der Waals surface area (Å²) in [5, 5.41) is 0.638. The van der Waals surface area contributed by atoms with Gasteiger partial charge in [0, 0.05) is 29.9 Å². The van der Waals surface area contributed by atoms with Crippen LogP contribution in [0.4, 0.5) is 4.39 Å². The lowest BCUT2D eigenvalue weighted by Crippen LogP contribution is -2.43. The average Bonchev–Trinajstić information content (AvgIpc) is 3.35. The van der Waals surface area contributed by atoms with Gasteiger partial charge in [0.1, 0.15) is 24.3 Å². The number of nitrogens with zero attached hydrogens (tertiary/aromatic N) is 4. The minimum Gasteiger partial charge on any atom is -0.474 e. The molecule has 0 saturated carbocycles. The molecule has 0 aliphatic carbocycles. The van der Waals surface area contributed by atoms with Crippen molar-refractivity contribution in [3.63, 3.8) is 0 Å². The van der Waals surface area contributed by atoms with Gasteiger partial charge in [0.25, 0.3) is 11.8 Å². The van der Waals surface area contributed by atoms with Gasteiger partial charge in [0.2, 0.25) is 5.88 Å². The number of carbonyl (C=O) groups excluding carboxylic acids is 3. The largest absolute Gasteiger partial charge is 0.474 e. The number of halogens is 1. The fourth-order valence-corrected chi connectivity index (χ4v) is 4.18. The van der Waals surface area contributed by atoms with Crippen LogP contribution in [0, 0.1) is 5.92 Å². The fourth-order valence-electron chi connectivity index (χ4n) is 4.18. The van der Waals surface area contributed by atoms with E-state index in [2.05, 4.69) is 14.7 Å². The summed E-state index contributed by atoms with van der Waals surface area (Å²) in [5.41, 5.74) is 6.62. The Labute approximate surface area is 182 Å². The van der Waals surface area contributed by atoms with Crippen LogP contribution in [0.1, 0.15) is 23.7 Å². The van der Waals surface area contributed by atoms with Crippen LogP contribution in [-0.4, -0.2) is 69.5 Å². The average molecular weight is 443 g/mol. The number of ether oxygens (including phenoxy) is 2. The zero-order valence-electron chi connectivity index (χ0n) is 17.5. The molecule has 3 aromatic heterocycles. The predicted octanol–water partition coefficient (Wildman–Crippen LogP) is 1.11.